The standard InChI is InChI=1S/C21H18ClFN2O4/c1-3-7-25-20(26)17(24-21(25)27)10-14-9-16(22)19(18(11-14)28-2)29-12-13-5-4-6-15(23)8-13/h3-6,8-11H,1,7,12H2,2H3,(H,24,27)/b17-10+. The third-order valence-corrected chi connectivity index (χ3v) is 4.39. The van der Waals surface area contributed by atoms with Crippen LogP contribution in [0.4, 0.5) is 9.18 Å². The van der Waals surface area contributed by atoms with Crippen molar-refractivity contribution in [1.82, 2.24) is 10.2 Å². The molecular formula is C21H18ClFN2O4. The van der Waals surface area contributed by atoms with Crippen LogP contribution in [0.1, 0.15) is 11.1 Å². The summed E-state index contributed by atoms with van der Waals surface area (Å²) in [5, 5.41) is 2.75. The summed E-state index contributed by atoms with van der Waals surface area (Å²) in [6.07, 6.45) is 2.96. The number of imide groups is 1. The summed E-state index contributed by atoms with van der Waals surface area (Å²) in [5.41, 5.74) is 1.29. The van der Waals surface area contributed by atoms with Crippen molar-refractivity contribution in [2.45, 2.75) is 6.61 Å². The van der Waals surface area contributed by atoms with Crippen molar-refractivity contribution in [3.63, 3.8) is 0 Å². The fourth-order valence-corrected chi connectivity index (χ4v) is 3.05. The number of methoxy groups -OCH3 is 1. The second-order valence-electron chi connectivity index (χ2n) is 6.15. The van der Waals surface area contributed by atoms with Crippen LogP contribution in [-0.2, 0) is 11.4 Å². The number of nitrogens with one attached hydrogen (secondary N) is 1. The number of ether oxygens (including phenoxy) is 2. The zero-order valence-corrected chi connectivity index (χ0v) is 16.3. The molecule has 1 saturated heterocycles. The van der Waals surface area contributed by atoms with Crippen LogP contribution in [-0.4, -0.2) is 30.5 Å². The lowest BCUT2D eigenvalue weighted by Crippen LogP contribution is -2.30. The number of carbonyl (C=O) groups is 2. The molecule has 0 atom stereocenters. The Morgan fingerprint density at radius 1 is 1.28 bits per heavy atom. The Bertz CT molecular complexity index is 1010. The number of hydrogen-bond donors (Lipinski definition) is 1. The first-order valence-corrected chi connectivity index (χ1v) is 9.01. The topological polar surface area (TPSA) is 67.9 Å². The molecule has 1 aliphatic heterocycles. The van der Waals surface area contributed by atoms with E-state index in [1.807, 2.05) is 0 Å². The first-order chi connectivity index (χ1) is 13.9. The van der Waals surface area contributed by atoms with Crippen molar-refractivity contribution in [3.05, 3.63) is 76.7 Å². The minimum atomic E-state index is -0.519. The van der Waals surface area contributed by atoms with Gasteiger partial charge in [-0.1, -0.05) is 29.8 Å². The molecule has 0 saturated carbocycles. The Hall–Kier alpha value is -3.32. The molecule has 2 aromatic carbocycles. The summed E-state index contributed by atoms with van der Waals surface area (Å²) in [5.74, 6) is -0.201. The van der Waals surface area contributed by atoms with E-state index in [-0.39, 0.29) is 35.4 Å². The van der Waals surface area contributed by atoms with Crippen LogP contribution in [0.5, 0.6) is 11.5 Å². The summed E-state index contributed by atoms with van der Waals surface area (Å²) >= 11 is 6.34. The van der Waals surface area contributed by atoms with Crippen LogP contribution in [0.2, 0.25) is 5.02 Å². The van der Waals surface area contributed by atoms with Crippen molar-refractivity contribution in [2.24, 2.45) is 0 Å². The van der Waals surface area contributed by atoms with Crippen molar-refractivity contribution < 1.29 is 23.5 Å². The van der Waals surface area contributed by atoms with Gasteiger partial charge in [-0.15, -0.1) is 6.58 Å². The molecule has 1 fully saturated rings. The Kier molecular flexibility index (Phi) is 6.19. The van der Waals surface area contributed by atoms with E-state index in [9.17, 15) is 14.0 Å². The predicted molar refractivity (Wildman–Crippen MR) is 107 cm³/mol. The zero-order chi connectivity index (χ0) is 21.0. The quantitative estimate of drug-likeness (QED) is 0.418. The lowest BCUT2D eigenvalue weighted by molar-refractivity contribution is -0.122. The van der Waals surface area contributed by atoms with E-state index in [4.69, 9.17) is 21.1 Å². The SMILES string of the molecule is C=CCN1C(=O)N/C(=C/c2cc(Cl)c(OCc3cccc(F)c3)c(OC)c2)C1=O. The highest BCUT2D eigenvalue weighted by molar-refractivity contribution is 6.32. The first-order valence-electron chi connectivity index (χ1n) is 8.63. The smallest absolute Gasteiger partial charge is 0.329 e. The van der Waals surface area contributed by atoms with Crippen molar-refractivity contribution in [1.29, 1.82) is 0 Å². The molecule has 0 spiro atoms. The third kappa shape index (κ3) is 4.57. The highest BCUT2D eigenvalue weighted by Crippen LogP contribution is 2.37. The van der Waals surface area contributed by atoms with Gasteiger partial charge in [0.2, 0.25) is 0 Å². The number of carbonyl (C=O) groups excluding carboxylic acids is 2. The van der Waals surface area contributed by atoms with Crippen LogP contribution >= 0.6 is 11.6 Å². The van der Waals surface area contributed by atoms with Crippen molar-refractivity contribution in [2.75, 3.05) is 13.7 Å². The molecule has 1 N–H and O–H groups in total. The molecule has 1 heterocycles. The lowest BCUT2D eigenvalue weighted by Gasteiger charge is -2.13. The Labute approximate surface area is 172 Å². The number of rotatable bonds is 7. The van der Waals surface area contributed by atoms with Gasteiger partial charge < -0.3 is 14.8 Å². The molecule has 0 radical (unpaired) electrons. The maximum Gasteiger partial charge on any atom is 0.329 e. The van der Waals surface area contributed by atoms with Crippen LogP contribution in [0, 0.1) is 5.82 Å². The highest BCUT2D eigenvalue weighted by Gasteiger charge is 2.32. The van der Waals surface area contributed by atoms with Gasteiger partial charge in [-0.25, -0.2) is 9.18 Å². The summed E-state index contributed by atoms with van der Waals surface area (Å²) in [6, 6.07) is 8.70. The van der Waals surface area contributed by atoms with Gasteiger partial charge in [0, 0.05) is 6.54 Å². The predicted octanol–water partition coefficient (Wildman–Crippen LogP) is 4.15. The van der Waals surface area contributed by atoms with Gasteiger partial charge in [-0.3, -0.25) is 9.69 Å². The Morgan fingerprint density at radius 3 is 2.76 bits per heavy atom. The monoisotopic (exact) mass is 416 g/mol. The number of benzene rings is 2. The Morgan fingerprint density at radius 2 is 2.07 bits per heavy atom. The molecule has 2 aromatic rings. The largest absolute Gasteiger partial charge is 0.493 e. The molecule has 3 amide bonds. The second-order valence-corrected chi connectivity index (χ2v) is 6.55. The zero-order valence-electron chi connectivity index (χ0n) is 15.6. The van der Waals surface area contributed by atoms with Gasteiger partial charge in [-0.05, 0) is 41.5 Å². The van der Waals surface area contributed by atoms with E-state index >= 15 is 0 Å². The molecule has 6 nitrogen and oxygen atoms in total. The molecule has 3 rings (SSSR count). The maximum atomic E-state index is 13.3. The molecular weight excluding hydrogens is 399 g/mol. The summed E-state index contributed by atoms with van der Waals surface area (Å²) < 4.78 is 24.4. The average Bonchev–Trinajstić information content (AvgIpc) is 2.94. The van der Waals surface area contributed by atoms with Crippen LogP contribution in [0.25, 0.3) is 6.08 Å². The van der Waals surface area contributed by atoms with Crippen molar-refractivity contribution in [3.8, 4) is 11.5 Å². The van der Waals surface area contributed by atoms with Gasteiger partial charge in [-0.2, -0.15) is 0 Å². The fourth-order valence-electron chi connectivity index (χ4n) is 2.78. The fraction of sp³-hybridized carbons (Fsp3) is 0.143. The van der Waals surface area contributed by atoms with Gasteiger partial charge in [0.25, 0.3) is 5.91 Å². The maximum absolute atomic E-state index is 13.3. The van der Waals surface area contributed by atoms with Gasteiger partial charge in [0.05, 0.1) is 12.1 Å². The molecule has 0 bridgehead atoms. The minimum Gasteiger partial charge on any atom is -0.493 e. The van der Waals surface area contributed by atoms with E-state index in [1.165, 1.54) is 31.4 Å². The van der Waals surface area contributed by atoms with E-state index in [0.717, 1.165) is 4.90 Å². The molecule has 150 valence electrons. The van der Waals surface area contributed by atoms with Crippen molar-refractivity contribution >= 4 is 29.6 Å². The Balaban J connectivity index is 1.84. The summed E-state index contributed by atoms with van der Waals surface area (Å²) in [7, 11) is 1.45. The lowest BCUT2D eigenvalue weighted by atomic mass is 10.1. The summed E-state index contributed by atoms with van der Waals surface area (Å²) in [4.78, 5) is 25.2. The number of urea groups is 1. The molecule has 29 heavy (non-hydrogen) atoms. The molecule has 0 aliphatic carbocycles. The number of amides is 3. The third-order valence-electron chi connectivity index (χ3n) is 4.11. The first kappa shape index (κ1) is 20.4. The molecule has 0 unspecified atom stereocenters. The number of nitrogens with zero attached hydrogens (tertiary/aromatic N) is 1. The van der Waals surface area contributed by atoms with Gasteiger partial charge in [0.15, 0.2) is 11.5 Å². The molecule has 8 heteroatoms. The highest BCUT2D eigenvalue weighted by atomic mass is 35.5. The van der Waals surface area contributed by atoms with E-state index in [1.54, 1.807) is 24.3 Å². The van der Waals surface area contributed by atoms with E-state index in [2.05, 4.69) is 11.9 Å². The number of halogens is 2. The van der Waals surface area contributed by atoms with Crippen LogP contribution < -0.4 is 14.8 Å². The summed E-state index contributed by atoms with van der Waals surface area (Å²) in [6.45, 7) is 3.73. The molecule has 0 aromatic heterocycles. The molecule has 1 aliphatic rings. The minimum absolute atomic E-state index is 0.0966. The van der Waals surface area contributed by atoms with E-state index in [0.29, 0.717) is 16.9 Å². The van der Waals surface area contributed by atoms with Crippen LogP contribution in [0.15, 0.2) is 54.8 Å². The normalized spacial score (nSPS) is 14.9. The van der Waals surface area contributed by atoms with Gasteiger partial charge >= 0.3 is 6.03 Å². The van der Waals surface area contributed by atoms with E-state index < -0.39 is 11.9 Å². The average molecular weight is 417 g/mol. The van der Waals surface area contributed by atoms with Gasteiger partial charge in [0.1, 0.15) is 18.1 Å². The number of hydrogen-bond acceptors (Lipinski definition) is 4. The second kappa shape index (κ2) is 8.79. The van der Waals surface area contributed by atoms with Crippen LogP contribution in [0.3, 0.4) is 0 Å².